The number of hydrogen-bond acceptors (Lipinski definition) is 3. The van der Waals surface area contributed by atoms with Crippen molar-refractivity contribution in [3.05, 3.63) is 34.1 Å². The molecule has 2 aliphatic rings. The summed E-state index contributed by atoms with van der Waals surface area (Å²) in [5, 5.41) is 3.52. The minimum atomic E-state index is -0.197. The maximum atomic E-state index is 13.3. The lowest BCUT2D eigenvalue weighted by Crippen LogP contribution is -2.47. The van der Waals surface area contributed by atoms with Crippen molar-refractivity contribution < 1.29 is 13.9 Å². The molecule has 110 valence electrons. The van der Waals surface area contributed by atoms with Crippen molar-refractivity contribution >= 4 is 15.9 Å². The zero-order valence-electron chi connectivity index (χ0n) is 11.3. The molecule has 2 aliphatic heterocycles. The molecule has 0 radical (unpaired) electrons. The van der Waals surface area contributed by atoms with Gasteiger partial charge in [-0.25, -0.2) is 4.39 Å². The highest BCUT2D eigenvalue weighted by Crippen LogP contribution is 2.33. The Bertz CT molecular complexity index is 477. The highest BCUT2D eigenvalue weighted by Gasteiger charge is 2.40. The molecule has 1 aromatic rings. The zero-order chi connectivity index (χ0) is 14.0. The molecule has 2 fully saturated rings. The summed E-state index contributed by atoms with van der Waals surface area (Å²) in [5.74, 6) is -0.197. The molecule has 1 spiro atoms. The van der Waals surface area contributed by atoms with Crippen molar-refractivity contribution in [2.24, 2.45) is 0 Å². The Hall–Kier alpha value is -0.490. The SMILES string of the molecule is Fc1ccc(Br)c(CNC2CCOC3(CCOC3)C2)c1. The van der Waals surface area contributed by atoms with Crippen LogP contribution in [0.1, 0.15) is 24.8 Å². The van der Waals surface area contributed by atoms with Crippen molar-refractivity contribution in [1.82, 2.24) is 5.32 Å². The number of nitrogens with one attached hydrogen (secondary N) is 1. The topological polar surface area (TPSA) is 30.5 Å². The summed E-state index contributed by atoms with van der Waals surface area (Å²) in [5.41, 5.74) is 0.864. The first kappa shape index (κ1) is 14.4. The number of halogens is 2. The van der Waals surface area contributed by atoms with Crippen molar-refractivity contribution in [3.8, 4) is 0 Å². The van der Waals surface area contributed by atoms with E-state index in [1.807, 2.05) is 0 Å². The number of hydrogen-bond donors (Lipinski definition) is 1. The second-order valence-corrected chi connectivity index (χ2v) is 6.49. The van der Waals surface area contributed by atoms with Crippen LogP contribution in [0.2, 0.25) is 0 Å². The van der Waals surface area contributed by atoms with Gasteiger partial charge in [-0.3, -0.25) is 0 Å². The van der Waals surface area contributed by atoms with Crippen molar-refractivity contribution in [2.45, 2.75) is 37.5 Å². The van der Waals surface area contributed by atoms with Gasteiger partial charge in [0.2, 0.25) is 0 Å². The molecule has 5 heteroatoms. The molecule has 2 atom stereocenters. The van der Waals surface area contributed by atoms with Crippen LogP contribution in [0.4, 0.5) is 4.39 Å². The van der Waals surface area contributed by atoms with Crippen molar-refractivity contribution in [1.29, 1.82) is 0 Å². The minimum Gasteiger partial charge on any atom is -0.378 e. The van der Waals surface area contributed by atoms with Crippen LogP contribution >= 0.6 is 15.9 Å². The number of benzene rings is 1. The maximum absolute atomic E-state index is 13.3. The quantitative estimate of drug-likeness (QED) is 0.914. The fourth-order valence-electron chi connectivity index (χ4n) is 3.00. The van der Waals surface area contributed by atoms with E-state index in [0.717, 1.165) is 42.5 Å². The van der Waals surface area contributed by atoms with E-state index in [4.69, 9.17) is 9.47 Å². The van der Waals surface area contributed by atoms with Gasteiger partial charge in [-0.05, 0) is 36.6 Å². The van der Waals surface area contributed by atoms with Gasteiger partial charge in [-0.15, -0.1) is 0 Å². The van der Waals surface area contributed by atoms with Gasteiger partial charge in [0.15, 0.2) is 0 Å². The fraction of sp³-hybridized carbons (Fsp3) is 0.600. The lowest BCUT2D eigenvalue weighted by atomic mass is 9.89. The van der Waals surface area contributed by atoms with Crippen LogP contribution < -0.4 is 5.32 Å². The maximum Gasteiger partial charge on any atom is 0.123 e. The third-order valence-electron chi connectivity index (χ3n) is 4.15. The molecule has 0 bridgehead atoms. The van der Waals surface area contributed by atoms with E-state index in [1.165, 1.54) is 6.07 Å². The second kappa shape index (κ2) is 6.10. The van der Waals surface area contributed by atoms with E-state index in [2.05, 4.69) is 21.2 Å². The molecule has 1 aromatic carbocycles. The third-order valence-corrected chi connectivity index (χ3v) is 4.92. The van der Waals surface area contributed by atoms with Crippen LogP contribution in [0.5, 0.6) is 0 Å². The first-order valence-corrected chi connectivity index (χ1v) is 7.85. The predicted octanol–water partition coefficient (Wildman–Crippen LogP) is 3.02. The molecule has 2 unspecified atom stereocenters. The van der Waals surface area contributed by atoms with Gasteiger partial charge in [-0.2, -0.15) is 0 Å². The van der Waals surface area contributed by atoms with Crippen molar-refractivity contribution in [3.63, 3.8) is 0 Å². The molecule has 0 saturated carbocycles. The smallest absolute Gasteiger partial charge is 0.123 e. The molecular formula is C15H19BrFNO2. The lowest BCUT2D eigenvalue weighted by Gasteiger charge is -2.37. The summed E-state index contributed by atoms with van der Waals surface area (Å²) >= 11 is 3.46. The van der Waals surface area contributed by atoms with Crippen molar-refractivity contribution in [2.75, 3.05) is 19.8 Å². The van der Waals surface area contributed by atoms with E-state index in [-0.39, 0.29) is 11.4 Å². The normalized spacial score (nSPS) is 30.0. The highest BCUT2D eigenvalue weighted by molar-refractivity contribution is 9.10. The van der Waals surface area contributed by atoms with Crippen LogP contribution in [0, 0.1) is 5.82 Å². The van der Waals surface area contributed by atoms with Crippen LogP contribution in [0.15, 0.2) is 22.7 Å². The van der Waals surface area contributed by atoms with E-state index >= 15 is 0 Å². The van der Waals surface area contributed by atoms with Gasteiger partial charge in [0, 0.05) is 36.7 Å². The van der Waals surface area contributed by atoms with Crippen LogP contribution in [-0.4, -0.2) is 31.5 Å². The summed E-state index contributed by atoms with van der Waals surface area (Å²) in [6.45, 7) is 2.93. The molecule has 3 nitrogen and oxygen atoms in total. The highest BCUT2D eigenvalue weighted by atomic mass is 79.9. The molecule has 0 aliphatic carbocycles. The Morgan fingerprint density at radius 2 is 2.30 bits per heavy atom. The Balaban J connectivity index is 1.59. The van der Waals surface area contributed by atoms with Gasteiger partial charge in [-0.1, -0.05) is 15.9 Å². The van der Waals surface area contributed by atoms with E-state index < -0.39 is 0 Å². The average molecular weight is 344 g/mol. The van der Waals surface area contributed by atoms with E-state index in [9.17, 15) is 4.39 Å². The summed E-state index contributed by atoms with van der Waals surface area (Å²) in [6.07, 6.45) is 2.95. The molecule has 20 heavy (non-hydrogen) atoms. The lowest BCUT2D eigenvalue weighted by molar-refractivity contribution is -0.0894. The van der Waals surface area contributed by atoms with Gasteiger partial charge in [0.1, 0.15) is 5.82 Å². The molecular weight excluding hydrogens is 325 g/mol. The molecule has 0 amide bonds. The van der Waals surface area contributed by atoms with Crippen LogP contribution in [0.3, 0.4) is 0 Å². The first-order valence-electron chi connectivity index (χ1n) is 7.06. The van der Waals surface area contributed by atoms with Gasteiger partial charge in [0.05, 0.1) is 12.2 Å². The summed E-state index contributed by atoms with van der Waals surface area (Å²) in [6, 6.07) is 5.20. The largest absolute Gasteiger partial charge is 0.378 e. The predicted molar refractivity (Wildman–Crippen MR) is 78.1 cm³/mol. The third kappa shape index (κ3) is 3.22. The van der Waals surface area contributed by atoms with E-state index in [1.54, 1.807) is 12.1 Å². The molecule has 2 heterocycles. The summed E-state index contributed by atoms with van der Waals surface area (Å²) in [7, 11) is 0. The standard InChI is InChI=1S/C15H19BrFNO2/c16-14-2-1-12(17)7-11(14)9-18-13-3-5-20-15(8-13)4-6-19-10-15/h1-2,7,13,18H,3-6,8-10H2. The average Bonchev–Trinajstić information content (AvgIpc) is 2.88. The Morgan fingerprint density at radius 1 is 1.40 bits per heavy atom. The number of rotatable bonds is 3. The zero-order valence-corrected chi connectivity index (χ0v) is 12.9. The molecule has 0 aromatic heterocycles. The van der Waals surface area contributed by atoms with Gasteiger partial charge in [0.25, 0.3) is 0 Å². The Morgan fingerprint density at radius 3 is 3.10 bits per heavy atom. The Kier molecular flexibility index (Phi) is 4.40. The molecule has 3 rings (SSSR count). The minimum absolute atomic E-state index is 0.0882. The first-order chi connectivity index (χ1) is 9.67. The molecule has 1 N–H and O–H groups in total. The summed E-state index contributed by atoms with van der Waals surface area (Å²) in [4.78, 5) is 0. The van der Waals surface area contributed by atoms with Gasteiger partial charge < -0.3 is 14.8 Å². The van der Waals surface area contributed by atoms with Crippen LogP contribution in [0.25, 0.3) is 0 Å². The summed E-state index contributed by atoms with van der Waals surface area (Å²) < 4.78 is 25.6. The second-order valence-electron chi connectivity index (χ2n) is 5.64. The Labute approximate surface area is 127 Å². The van der Waals surface area contributed by atoms with E-state index in [0.29, 0.717) is 19.2 Å². The number of ether oxygens (including phenoxy) is 2. The fourth-order valence-corrected chi connectivity index (χ4v) is 3.39. The van der Waals surface area contributed by atoms with Gasteiger partial charge >= 0.3 is 0 Å². The molecule has 2 saturated heterocycles. The monoisotopic (exact) mass is 343 g/mol. The van der Waals surface area contributed by atoms with Crippen LogP contribution in [-0.2, 0) is 16.0 Å².